The number of sulfonamides is 1. The zero-order valence-corrected chi connectivity index (χ0v) is 14.6. The molecule has 1 atom stereocenters. The van der Waals surface area contributed by atoms with Gasteiger partial charge in [-0.3, -0.25) is 4.79 Å². The van der Waals surface area contributed by atoms with Gasteiger partial charge in [0.15, 0.2) is 0 Å². The van der Waals surface area contributed by atoms with Crippen molar-refractivity contribution >= 4 is 16.0 Å². The van der Waals surface area contributed by atoms with Crippen LogP contribution >= 0.6 is 0 Å². The Morgan fingerprint density at radius 1 is 1.25 bits per heavy atom. The Labute approximate surface area is 143 Å². The van der Waals surface area contributed by atoms with E-state index in [0.29, 0.717) is 17.9 Å². The second kappa shape index (κ2) is 9.15. The third-order valence-corrected chi connectivity index (χ3v) is 5.74. The first-order valence-electron chi connectivity index (χ1n) is 8.44. The van der Waals surface area contributed by atoms with Gasteiger partial charge in [0.1, 0.15) is 6.04 Å². The molecule has 0 saturated carbocycles. The highest BCUT2D eigenvalue weighted by molar-refractivity contribution is 7.88. The summed E-state index contributed by atoms with van der Waals surface area (Å²) in [6.45, 7) is 2.02. The average Bonchev–Trinajstić information content (AvgIpc) is 2.55. The van der Waals surface area contributed by atoms with Crippen molar-refractivity contribution in [2.45, 2.75) is 43.9 Å². The van der Waals surface area contributed by atoms with Crippen molar-refractivity contribution < 1.29 is 18.3 Å². The second-order valence-electron chi connectivity index (χ2n) is 6.38. The van der Waals surface area contributed by atoms with E-state index in [-0.39, 0.29) is 5.75 Å². The summed E-state index contributed by atoms with van der Waals surface area (Å²) in [5.41, 5.74) is 0.642. The molecule has 0 radical (unpaired) electrons. The number of carboxylic acid groups (broad SMARTS) is 1. The normalized spacial score (nSPS) is 17.5. The highest BCUT2D eigenvalue weighted by atomic mass is 32.2. The van der Waals surface area contributed by atoms with Gasteiger partial charge in [-0.1, -0.05) is 43.2 Å². The summed E-state index contributed by atoms with van der Waals surface area (Å²) in [6.07, 6.45) is 4.21. The summed E-state index contributed by atoms with van der Waals surface area (Å²) in [7, 11) is -3.67. The smallest absolute Gasteiger partial charge is 0.321 e. The highest BCUT2D eigenvalue weighted by Gasteiger charge is 2.24. The summed E-state index contributed by atoms with van der Waals surface area (Å²) >= 11 is 0. The molecule has 0 bridgehead atoms. The van der Waals surface area contributed by atoms with E-state index in [2.05, 4.69) is 10.0 Å². The van der Waals surface area contributed by atoms with Crippen LogP contribution in [-0.2, 0) is 20.6 Å². The van der Waals surface area contributed by atoms with Gasteiger partial charge in [0.25, 0.3) is 0 Å². The lowest BCUT2D eigenvalue weighted by atomic mass is 9.92. The summed E-state index contributed by atoms with van der Waals surface area (Å²) in [5, 5.41) is 12.6. The monoisotopic (exact) mass is 354 g/mol. The van der Waals surface area contributed by atoms with Crippen LogP contribution in [0, 0.1) is 5.92 Å². The molecule has 1 fully saturated rings. The number of nitrogens with one attached hydrogen (secondary N) is 2. The van der Waals surface area contributed by atoms with Crippen LogP contribution in [-0.4, -0.2) is 38.6 Å². The lowest BCUT2D eigenvalue weighted by Gasteiger charge is -2.23. The van der Waals surface area contributed by atoms with Crippen LogP contribution in [0.2, 0.25) is 0 Å². The van der Waals surface area contributed by atoms with Crippen LogP contribution in [0.15, 0.2) is 30.3 Å². The first-order chi connectivity index (χ1) is 11.5. The van der Waals surface area contributed by atoms with Crippen molar-refractivity contribution in [3.8, 4) is 0 Å². The first-order valence-corrected chi connectivity index (χ1v) is 10.1. The molecular weight excluding hydrogens is 328 g/mol. The predicted molar refractivity (Wildman–Crippen MR) is 93.1 cm³/mol. The van der Waals surface area contributed by atoms with Gasteiger partial charge in [0.2, 0.25) is 10.0 Å². The molecule has 0 aromatic heterocycles. The number of carbonyl (C=O) groups is 1. The van der Waals surface area contributed by atoms with Crippen molar-refractivity contribution in [1.82, 2.24) is 10.0 Å². The Morgan fingerprint density at radius 3 is 2.54 bits per heavy atom. The second-order valence-corrected chi connectivity index (χ2v) is 8.13. The molecule has 2 rings (SSSR count). The summed E-state index contributed by atoms with van der Waals surface area (Å²) < 4.78 is 26.7. The van der Waals surface area contributed by atoms with Gasteiger partial charge < -0.3 is 10.4 Å². The Hall–Kier alpha value is -1.44. The van der Waals surface area contributed by atoms with Crippen molar-refractivity contribution in [3.05, 3.63) is 35.9 Å². The molecule has 6 nitrogen and oxygen atoms in total. The van der Waals surface area contributed by atoms with Crippen molar-refractivity contribution in [1.29, 1.82) is 0 Å². The van der Waals surface area contributed by atoms with E-state index in [1.807, 2.05) is 6.07 Å². The maximum absolute atomic E-state index is 12.2. The largest absolute Gasteiger partial charge is 0.480 e. The standard InChI is InChI=1S/C17H26N2O4S/c20-17(21)16(8-4-7-14-9-11-18-12-10-14)19-24(22,23)13-15-5-2-1-3-6-15/h1-3,5-6,14,16,18-19H,4,7-13H2,(H,20,21). The van der Waals surface area contributed by atoms with Gasteiger partial charge in [-0.2, -0.15) is 0 Å². The molecule has 1 aliphatic heterocycles. The van der Waals surface area contributed by atoms with E-state index < -0.39 is 22.0 Å². The number of rotatable bonds is 9. The van der Waals surface area contributed by atoms with Gasteiger partial charge in [-0.15, -0.1) is 0 Å². The average molecular weight is 354 g/mol. The zero-order chi connectivity index (χ0) is 17.4. The van der Waals surface area contributed by atoms with Gasteiger partial charge >= 0.3 is 5.97 Å². The minimum Gasteiger partial charge on any atom is -0.480 e. The molecule has 24 heavy (non-hydrogen) atoms. The van der Waals surface area contributed by atoms with E-state index >= 15 is 0 Å². The minimum absolute atomic E-state index is 0.202. The fraction of sp³-hybridized carbons (Fsp3) is 0.588. The van der Waals surface area contributed by atoms with Gasteiger partial charge in [0, 0.05) is 0 Å². The Morgan fingerprint density at radius 2 is 1.92 bits per heavy atom. The maximum Gasteiger partial charge on any atom is 0.321 e. The molecule has 1 heterocycles. The molecule has 134 valence electrons. The van der Waals surface area contributed by atoms with Crippen LogP contribution in [0.1, 0.15) is 37.7 Å². The summed E-state index contributed by atoms with van der Waals surface area (Å²) in [5.74, 6) is -0.704. The lowest BCUT2D eigenvalue weighted by molar-refractivity contribution is -0.139. The molecular formula is C17H26N2O4S. The molecule has 1 aliphatic rings. The third kappa shape index (κ3) is 6.59. The maximum atomic E-state index is 12.2. The van der Waals surface area contributed by atoms with Gasteiger partial charge in [-0.25, -0.2) is 13.1 Å². The number of aliphatic carboxylic acids is 1. The number of hydrogen-bond donors (Lipinski definition) is 3. The molecule has 1 aromatic carbocycles. The van der Waals surface area contributed by atoms with E-state index in [1.165, 1.54) is 0 Å². The van der Waals surface area contributed by atoms with E-state index in [4.69, 9.17) is 0 Å². The van der Waals surface area contributed by atoms with E-state index in [9.17, 15) is 18.3 Å². The number of hydrogen-bond acceptors (Lipinski definition) is 4. The Balaban J connectivity index is 1.84. The number of piperidine rings is 1. The summed E-state index contributed by atoms with van der Waals surface area (Å²) in [4.78, 5) is 11.4. The molecule has 3 N–H and O–H groups in total. The minimum atomic E-state index is -3.67. The van der Waals surface area contributed by atoms with E-state index in [0.717, 1.165) is 38.8 Å². The number of benzene rings is 1. The van der Waals surface area contributed by atoms with Crippen LogP contribution in [0.4, 0.5) is 0 Å². The van der Waals surface area contributed by atoms with Crippen LogP contribution in [0.3, 0.4) is 0 Å². The molecule has 1 aromatic rings. The molecule has 1 saturated heterocycles. The zero-order valence-electron chi connectivity index (χ0n) is 13.8. The predicted octanol–water partition coefficient (Wildman–Crippen LogP) is 1.73. The van der Waals surface area contributed by atoms with Crippen molar-refractivity contribution in [3.63, 3.8) is 0 Å². The van der Waals surface area contributed by atoms with Crippen molar-refractivity contribution in [2.75, 3.05) is 13.1 Å². The molecule has 0 amide bonds. The Bertz CT molecular complexity index is 613. The fourth-order valence-corrected chi connectivity index (χ4v) is 4.43. The molecule has 0 aliphatic carbocycles. The topological polar surface area (TPSA) is 95.5 Å². The molecule has 7 heteroatoms. The molecule has 1 unspecified atom stereocenters. The fourth-order valence-electron chi connectivity index (χ4n) is 3.07. The SMILES string of the molecule is O=C(O)C(CCCC1CCNCC1)NS(=O)(=O)Cc1ccccc1. The lowest BCUT2D eigenvalue weighted by Crippen LogP contribution is -2.41. The summed E-state index contributed by atoms with van der Waals surface area (Å²) in [6, 6.07) is 7.71. The van der Waals surface area contributed by atoms with Crippen molar-refractivity contribution in [2.24, 2.45) is 5.92 Å². The number of carboxylic acids is 1. The van der Waals surface area contributed by atoms with Gasteiger partial charge in [-0.05, 0) is 43.8 Å². The third-order valence-electron chi connectivity index (χ3n) is 4.38. The first kappa shape index (κ1) is 18.9. The highest BCUT2D eigenvalue weighted by Crippen LogP contribution is 2.19. The van der Waals surface area contributed by atoms with E-state index in [1.54, 1.807) is 24.3 Å². The van der Waals surface area contributed by atoms with Crippen LogP contribution < -0.4 is 10.0 Å². The quantitative estimate of drug-likeness (QED) is 0.628. The van der Waals surface area contributed by atoms with Crippen LogP contribution in [0.25, 0.3) is 0 Å². The van der Waals surface area contributed by atoms with Gasteiger partial charge in [0.05, 0.1) is 5.75 Å². The van der Waals surface area contributed by atoms with Crippen LogP contribution in [0.5, 0.6) is 0 Å². The Kier molecular flexibility index (Phi) is 7.20. The molecule has 0 spiro atoms.